The van der Waals surface area contributed by atoms with E-state index in [1.165, 1.54) is 0 Å². The van der Waals surface area contributed by atoms with Crippen LogP contribution in [0.25, 0.3) is 0 Å². The second-order valence-electron chi connectivity index (χ2n) is 6.18. The molecule has 0 unspecified atom stereocenters. The fourth-order valence-electron chi connectivity index (χ4n) is 2.81. The van der Waals surface area contributed by atoms with Gasteiger partial charge in [0.05, 0.1) is 10.0 Å². The topological polar surface area (TPSA) is 28.2 Å². The van der Waals surface area contributed by atoms with Gasteiger partial charge in [-0.05, 0) is 5.41 Å². The zero-order valence-electron chi connectivity index (χ0n) is 12.8. The van der Waals surface area contributed by atoms with E-state index in [0.717, 1.165) is 31.7 Å². The fraction of sp³-hybridized carbons (Fsp3) is 0.643. The van der Waals surface area contributed by atoms with Crippen molar-refractivity contribution in [3.05, 3.63) is 27.0 Å². The second kappa shape index (κ2) is 9.12. The molecule has 2 heterocycles. The van der Waals surface area contributed by atoms with Gasteiger partial charge in [-0.25, -0.2) is 4.98 Å². The van der Waals surface area contributed by atoms with Gasteiger partial charge in [-0.3, -0.25) is 4.90 Å². The number of pyridine rings is 1. The Morgan fingerprint density at radius 2 is 1.68 bits per heavy atom. The molecule has 0 aliphatic carbocycles. The average molecular weight is 410 g/mol. The summed E-state index contributed by atoms with van der Waals surface area (Å²) in [6.45, 7) is 10.5. The molecular weight excluding hydrogens is 387 g/mol. The Bertz CT molecular complexity index is 484. The lowest BCUT2D eigenvalue weighted by Crippen LogP contribution is -2.48. The Morgan fingerprint density at radius 1 is 1.14 bits per heavy atom. The maximum absolute atomic E-state index is 6.40. The molecule has 1 aliphatic rings. The number of hydrogen-bond donors (Lipinski definition) is 1. The lowest BCUT2D eigenvalue weighted by molar-refractivity contribution is 0.0863. The normalized spacial score (nSPS) is 17.4. The minimum atomic E-state index is -0.00466. The molecule has 0 saturated carbocycles. The van der Waals surface area contributed by atoms with Crippen molar-refractivity contribution >= 4 is 59.6 Å². The Balaban J connectivity index is 0.00000220. The fourth-order valence-corrected chi connectivity index (χ4v) is 3.51. The highest BCUT2D eigenvalue weighted by atomic mass is 35.5. The number of hydrogen-bond acceptors (Lipinski definition) is 3. The highest BCUT2D eigenvalue weighted by Crippen LogP contribution is 2.45. The molecule has 1 fully saturated rings. The maximum atomic E-state index is 6.40. The molecule has 1 saturated heterocycles. The first-order chi connectivity index (χ1) is 9.32. The van der Waals surface area contributed by atoms with Gasteiger partial charge in [0.2, 0.25) is 0 Å². The smallest absolute Gasteiger partial charge is 0.148 e. The van der Waals surface area contributed by atoms with Crippen LogP contribution in [0.5, 0.6) is 0 Å². The van der Waals surface area contributed by atoms with E-state index in [-0.39, 0.29) is 36.3 Å². The molecule has 0 bridgehead atoms. The lowest BCUT2D eigenvalue weighted by atomic mass is 9.81. The first-order valence-electron chi connectivity index (χ1n) is 6.76. The molecule has 1 aromatic heterocycles. The number of halogens is 5. The largest absolute Gasteiger partial charge is 0.314 e. The summed E-state index contributed by atoms with van der Waals surface area (Å²) in [7, 11) is 0. The summed E-state index contributed by atoms with van der Waals surface area (Å²) in [6, 6.07) is 0.116. The third kappa shape index (κ3) is 5.01. The molecule has 1 aliphatic heterocycles. The lowest BCUT2D eigenvalue weighted by Gasteiger charge is -2.43. The van der Waals surface area contributed by atoms with Crippen LogP contribution in [0, 0.1) is 5.41 Å². The molecule has 0 aromatic carbocycles. The summed E-state index contributed by atoms with van der Waals surface area (Å²) in [5, 5.41) is 4.73. The van der Waals surface area contributed by atoms with Gasteiger partial charge in [-0.15, -0.1) is 24.8 Å². The predicted molar refractivity (Wildman–Crippen MR) is 100 cm³/mol. The molecule has 8 heteroatoms. The molecule has 0 spiro atoms. The van der Waals surface area contributed by atoms with Gasteiger partial charge in [-0.1, -0.05) is 55.6 Å². The number of nitrogens with zero attached hydrogens (tertiary/aromatic N) is 2. The predicted octanol–water partition coefficient (Wildman–Crippen LogP) is 4.88. The molecule has 1 N–H and O–H groups in total. The highest BCUT2D eigenvalue weighted by molar-refractivity contribution is 6.43. The molecule has 128 valence electrons. The SMILES string of the molecule is CC(C)(C)[C@H](c1c(Cl)cnc(Cl)c1Cl)N1CCNCC1.Cl.Cl. The zero-order chi connectivity index (χ0) is 14.9. The quantitative estimate of drug-likeness (QED) is 0.706. The minimum absolute atomic E-state index is 0. The van der Waals surface area contributed by atoms with Crippen LogP contribution in [-0.4, -0.2) is 36.1 Å². The van der Waals surface area contributed by atoms with E-state index >= 15 is 0 Å². The number of piperazine rings is 1. The zero-order valence-corrected chi connectivity index (χ0v) is 16.7. The summed E-state index contributed by atoms with van der Waals surface area (Å²) < 4.78 is 0. The van der Waals surface area contributed by atoms with Gasteiger partial charge in [0.1, 0.15) is 5.15 Å². The van der Waals surface area contributed by atoms with E-state index in [1.807, 2.05) is 0 Å². The van der Waals surface area contributed by atoms with Crippen molar-refractivity contribution in [1.82, 2.24) is 15.2 Å². The Labute approximate surface area is 159 Å². The van der Waals surface area contributed by atoms with Gasteiger partial charge >= 0.3 is 0 Å². The third-order valence-corrected chi connectivity index (χ3v) is 4.64. The van der Waals surface area contributed by atoms with Crippen LogP contribution in [0.3, 0.4) is 0 Å². The van der Waals surface area contributed by atoms with Crippen molar-refractivity contribution in [3.8, 4) is 0 Å². The van der Waals surface area contributed by atoms with Crippen molar-refractivity contribution in [3.63, 3.8) is 0 Å². The average Bonchev–Trinajstić information content (AvgIpc) is 2.39. The van der Waals surface area contributed by atoms with Crippen molar-refractivity contribution < 1.29 is 0 Å². The van der Waals surface area contributed by atoms with E-state index in [2.05, 4.69) is 36.0 Å². The van der Waals surface area contributed by atoms with Crippen molar-refractivity contribution in [1.29, 1.82) is 0 Å². The second-order valence-corrected chi connectivity index (χ2v) is 7.32. The monoisotopic (exact) mass is 407 g/mol. The molecule has 1 atom stereocenters. The van der Waals surface area contributed by atoms with Crippen LogP contribution in [0.4, 0.5) is 0 Å². The summed E-state index contributed by atoms with van der Waals surface area (Å²) in [6.07, 6.45) is 1.59. The summed E-state index contributed by atoms with van der Waals surface area (Å²) in [5.41, 5.74) is 0.887. The molecule has 2 rings (SSSR count). The van der Waals surface area contributed by atoms with Crippen molar-refractivity contribution in [2.45, 2.75) is 26.8 Å². The molecule has 3 nitrogen and oxygen atoms in total. The minimum Gasteiger partial charge on any atom is -0.314 e. The van der Waals surface area contributed by atoms with Crippen LogP contribution < -0.4 is 5.32 Å². The van der Waals surface area contributed by atoms with Gasteiger partial charge in [0, 0.05) is 44.0 Å². The van der Waals surface area contributed by atoms with Crippen LogP contribution in [0.1, 0.15) is 32.4 Å². The number of nitrogens with one attached hydrogen (secondary N) is 1. The van der Waals surface area contributed by atoms with Gasteiger partial charge < -0.3 is 5.32 Å². The van der Waals surface area contributed by atoms with Gasteiger partial charge in [0.15, 0.2) is 0 Å². The Morgan fingerprint density at radius 3 is 2.18 bits per heavy atom. The molecule has 0 radical (unpaired) electrons. The Kier molecular flexibility index (Phi) is 9.34. The van der Waals surface area contributed by atoms with Gasteiger partial charge in [-0.2, -0.15) is 0 Å². The standard InChI is InChI=1S/C14H20Cl3N3.2ClH/c1-14(2,3)12(20-6-4-18-5-7-20)10-9(15)8-19-13(17)11(10)16;;/h8,12,18H,4-7H2,1-3H3;2*1H/t12-;;/m0../s1. The molecule has 1 aromatic rings. The summed E-state index contributed by atoms with van der Waals surface area (Å²) >= 11 is 18.9. The first-order valence-corrected chi connectivity index (χ1v) is 7.90. The van der Waals surface area contributed by atoms with Crippen molar-refractivity contribution in [2.24, 2.45) is 5.41 Å². The van der Waals surface area contributed by atoms with E-state index < -0.39 is 0 Å². The van der Waals surface area contributed by atoms with Crippen LogP contribution in [-0.2, 0) is 0 Å². The van der Waals surface area contributed by atoms with E-state index in [4.69, 9.17) is 34.8 Å². The highest BCUT2D eigenvalue weighted by Gasteiger charge is 2.36. The summed E-state index contributed by atoms with van der Waals surface area (Å²) in [4.78, 5) is 6.44. The van der Waals surface area contributed by atoms with Crippen LogP contribution in [0.2, 0.25) is 15.2 Å². The van der Waals surface area contributed by atoms with E-state index in [0.29, 0.717) is 15.2 Å². The van der Waals surface area contributed by atoms with E-state index in [9.17, 15) is 0 Å². The van der Waals surface area contributed by atoms with Crippen molar-refractivity contribution in [2.75, 3.05) is 26.2 Å². The summed E-state index contributed by atoms with van der Waals surface area (Å²) in [5.74, 6) is 0. The third-order valence-electron chi connectivity index (χ3n) is 3.58. The molecule has 0 amide bonds. The van der Waals surface area contributed by atoms with Crippen LogP contribution in [0.15, 0.2) is 6.20 Å². The Hall–Kier alpha value is 0.520. The first kappa shape index (κ1) is 22.5. The number of aromatic nitrogens is 1. The van der Waals surface area contributed by atoms with Crippen LogP contribution >= 0.6 is 59.6 Å². The number of rotatable bonds is 2. The van der Waals surface area contributed by atoms with Gasteiger partial charge in [0.25, 0.3) is 0 Å². The molecular formula is C14H22Cl5N3. The molecule has 22 heavy (non-hydrogen) atoms. The van der Waals surface area contributed by atoms with E-state index in [1.54, 1.807) is 6.20 Å². The maximum Gasteiger partial charge on any atom is 0.148 e.